The molecule has 0 saturated heterocycles. The van der Waals surface area contributed by atoms with Crippen molar-refractivity contribution in [1.82, 2.24) is 10.0 Å². The summed E-state index contributed by atoms with van der Waals surface area (Å²) in [6.07, 6.45) is -3.25. The number of unbranched alkanes of at least 4 members (excludes halogenated alkanes) is 1. The largest absolute Gasteiger partial charge is 0.477 e. The number of hydroxylamine groups is 1. The van der Waals surface area contributed by atoms with Gasteiger partial charge in [-0.1, -0.05) is 27.2 Å². The Bertz CT molecular complexity index is 1110. The van der Waals surface area contributed by atoms with Crippen LogP contribution in [0.1, 0.15) is 91.6 Å². The number of carboxylic acid groups (broad SMARTS) is 1. The molecular formula is C23H30F3N3O4S. The highest BCUT2D eigenvalue weighted by molar-refractivity contribution is 7.09. The molecule has 1 aromatic heterocycles. The number of amides is 1. The predicted octanol–water partition coefficient (Wildman–Crippen LogP) is 5.61. The quantitative estimate of drug-likeness (QED) is 0.459. The zero-order valence-corrected chi connectivity index (χ0v) is 20.9. The van der Waals surface area contributed by atoms with E-state index in [-0.39, 0.29) is 27.7 Å². The molecule has 0 aliphatic heterocycles. The molecule has 2 aromatic rings. The van der Waals surface area contributed by atoms with Crippen LogP contribution in [0.5, 0.6) is 5.75 Å². The summed E-state index contributed by atoms with van der Waals surface area (Å²) in [6.45, 7) is 11.2. The number of nitrogens with zero attached hydrogens (tertiary/aromatic N) is 2. The Morgan fingerprint density at radius 1 is 1.24 bits per heavy atom. The molecule has 0 bridgehead atoms. The van der Waals surface area contributed by atoms with Crippen molar-refractivity contribution in [3.05, 3.63) is 44.7 Å². The molecule has 188 valence electrons. The first-order valence-electron chi connectivity index (χ1n) is 10.9. The number of nitrogens with one attached hydrogen (secondary N) is 1. The lowest BCUT2D eigenvalue weighted by atomic mass is 10.1. The maximum atomic E-state index is 13.3. The highest BCUT2D eigenvalue weighted by Crippen LogP contribution is 2.33. The molecule has 0 spiro atoms. The zero-order valence-electron chi connectivity index (χ0n) is 20.0. The number of halogens is 3. The molecular weight excluding hydrogens is 471 g/mol. The molecule has 0 fully saturated rings. The van der Waals surface area contributed by atoms with Crippen LogP contribution in [-0.4, -0.2) is 27.1 Å². The highest BCUT2D eigenvalue weighted by Gasteiger charge is 2.32. The number of carbonyl (C=O) groups is 2. The Labute approximate surface area is 200 Å². The normalized spacial score (nSPS) is 12.9. The third-order valence-corrected chi connectivity index (χ3v) is 5.98. The van der Waals surface area contributed by atoms with Crippen LogP contribution in [0.4, 0.5) is 13.2 Å². The van der Waals surface area contributed by atoms with Crippen LogP contribution in [0.25, 0.3) is 0 Å². The summed E-state index contributed by atoms with van der Waals surface area (Å²) in [5, 5.41) is 9.78. The maximum Gasteiger partial charge on any atom is 0.416 e. The Hall–Kier alpha value is -2.66. The molecule has 0 aliphatic rings. The second-order valence-corrected chi connectivity index (χ2v) is 10.2. The van der Waals surface area contributed by atoms with E-state index in [1.54, 1.807) is 20.8 Å². The van der Waals surface area contributed by atoms with E-state index < -0.39 is 29.2 Å². The number of hydrogen-bond acceptors (Lipinski definition) is 5. The number of alkyl halides is 3. The Kier molecular flexibility index (Phi) is 8.70. The first kappa shape index (κ1) is 27.6. The lowest BCUT2D eigenvalue weighted by molar-refractivity contribution is -0.137. The minimum Gasteiger partial charge on any atom is -0.477 e. The summed E-state index contributed by atoms with van der Waals surface area (Å²) < 4.78 is 41.5. The standard InChI is InChI=1S/C23H30F3N3O4S/c1-7-8-11-29-17(20(31)32)18(13(2)3)34-21(29)27-19(30)15-12-14(23(24,25)26)9-10-16(15)33-28-22(4,5)6/h9-10,12-13,28H,7-8,11H2,1-6H3,(H,31,32)/b27-21-. The number of benzene rings is 1. The van der Waals surface area contributed by atoms with Gasteiger partial charge in [-0.15, -0.1) is 11.3 Å². The summed E-state index contributed by atoms with van der Waals surface area (Å²) in [7, 11) is 0. The van der Waals surface area contributed by atoms with Gasteiger partial charge in [-0.05, 0) is 51.3 Å². The van der Waals surface area contributed by atoms with E-state index >= 15 is 0 Å². The fourth-order valence-corrected chi connectivity index (χ4v) is 4.11. The zero-order chi connectivity index (χ0) is 25.8. The van der Waals surface area contributed by atoms with Gasteiger partial charge in [0.1, 0.15) is 5.69 Å². The van der Waals surface area contributed by atoms with Crippen LogP contribution in [0.3, 0.4) is 0 Å². The van der Waals surface area contributed by atoms with Gasteiger partial charge in [0.2, 0.25) is 0 Å². The van der Waals surface area contributed by atoms with E-state index in [1.807, 2.05) is 20.8 Å². The van der Waals surface area contributed by atoms with Gasteiger partial charge in [-0.2, -0.15) is 23.6 Å². The number of carbonyl (C=O) groups excluding carboxylic acids is 1. The van der Waals surface area contributed by atoms with Crippen LogP contribution in [0.15, 0.2) is 23.2 Å². The first-order valence-corrected chi connectivity index (χ1v) is 11.7. The van der Waals surface area contributed by atoms with E-state index in [9.17, 15) is 27.9 Å². The van der Waals surface area contributed by atoms with Crippen LogP contribution in [-0.2, 0) is 12.7 Å². The molecule has 11 heteroatoms. The summed E-state index contributed by atoms with van der Waals surface area (Å²) in [5.41, 5.74) is 0.773. The van der Waals surface area contributed by atoms with Gasteiger partial charge in [0.05, 0.1) is 11.1 Å². The lowest BCUT2D eigenvalue weighted by Crippen LogP contribution is -2.38. The number of carboxylic acids is 1. The summed E-state index contributed by atoms with van der Waals surface area (Å²) in [6, 6.07) is 2.57. The average molecular weight is 502 g/mol. The molecule has 0 aliphatic carbocycles. The van der Waals surface area contributed by atoms with Gasteiger partial charge in [-0.3, -0.25) is 4.79 Å². The van der Waals surface area contributed by atoms with Crippen molar-refractivity contribution in [2.24, 2.45) is 4.99 Å². The number of aromatic carboxylic acids is 1. The maximum absolute atomic E-state index is 13.3. The van der Waals surface area contributed by atoms with Gasteiger partial charge in [0.25, 0.3) is 5.91 Å². The van der Waals surface area contributed by atoms with E-state index in [2.05, 4.69) is 10.5 Å². The molecule has 0 saturated carbocycles. The first-order chi connectivity index (χ1) is 15.7. The van der Waals surface area contributed by atoms with Crippen molar-refractivity contribution >= 4 is 23.2 Å². The van der Waals surface area contributed by atoms with Crippen molar-refractivity contribution in [1.29, 1.82) is 0 Å². The van der Waals surface area contributed by atoms with Gasteiger partial charge in [-0.25, -0.2) is 4.79 Å². The molecule has 2 rings (SSSR count). The fourth-order valence-electron chi connectivity index (χ4n) is 2.97. The summed E-state index contributed by atoms with van der Waals surface area (Å²) in [4.78, 5) is 35.2. The lowest BCUT2D eigenvalue weighted by Gasteiger charge is -2.21. The number of aromatic nitrogens is 1. The molecule has 2 N–H and O–H groups in total. The van der Waals surface area contributed by atoms with E-state index in [0.717, 1.165) is 29.9 Å². The van der Waals surface area contributed by atoms with Gasteiger partial charge in [0, 0.05) is 17.0 Å². The Morgan fingerprint density at radius 3 is 2.38 bits per heavy atom. The Balaban J connectivity index is 2.69. The Morgan fingerprint density at radius 2 is 1.88 bits per heavy atom. The SMILES string of the molecule is CCCCn1c(C(=O)O)c(C(C)C)s/c1=N\C(=O)c1cc(C(F)(F)F)ccc1ONC(C)(C)C. The van der Waals surface area contributed by atoms with E-state index in [4.69, 9.17) is 4.84 Å². The average Bonchev–Trinajstić information content (AvgIpc) is 3.07. The second kappa shape index (κ2) is 10.7. The van der Waals surface area contributed by atoms with Crippen molar-refractivity contribution in [2.45, 2.75) is 78.6 Å². The molecule has 1 heterocycles. The smallest absolute Gasteiger partial charge is 0.416 e. The molecule has 1 aromatic carbocycles. The number of rotatable bonds is 8. The number of hydrogen-bond donors (Lipinski definition) is 2. The second-order valence-electron chi connectivity index (χ2n) is 9.14. The van der Waals surface area contributed by atoms with Crippen LogP contribution in [0, 0.1) is 0 Å². The monoisotopic (exact) mass is 501 g/mol. The molecule has 1 amide bonds. The van der Waals surface area contributed by atoms with Crippen molar-refractivity contribution in [3.8, 4) is 5.75 Å². The third kappa shape index (κ3) is 6.92. The van der Waals surface area contributed by atoms with Crippen molar-refractivity contribution < 1.29 is 32.7 Å². The minimum absolute atomic E-state index is 0.0370. The van der Waals surface area contributed by atoms with Gasteiger partial charge < -0.3 is 14.5 Å². The molecule has 0 unspecified atom stereocenters. The van der Waals surface area contributed by atoms with Crippen LogP contribution in [0.2, 0.25) is 0 Å². The topological polar surface area (TPSA) is 92.9 Å². The minimum atomic E-state index is -4.67. The molecule has 34 heavy (non-hydrogen) atoms. The number of thiazole rings is 1. The molecule has 0 radical (unpaired) electrons. The molecule has 7 nitrogen and oxygen atoms in total. The van der Waals surface area contributed by atoms with Crippen molar-refractivity contribution in [3.63, 3.8) is 0 Å². The van der Waals surface area contributed by atoms with Crippen LogP contribution < -0.4 is 15.1 Å². The van der Waals surface area contributed by atoms with Crippen LogP contribution >= 0.6 is 11.3 Å². The third-order valence-electron chi connectivity index (χ3n) is 4.60. The molecule has 0 atom stereocenters. The van der Waals surface area contributed by atoms with E-state index in [1.165, 1.54) is 4.57 Å². The predicted molar refractivity (Wildman–Crippen MR) is 123 cm³/mol. The summed E-state index contributed by atoms with van der Waals surface area (Å²) >= 11 is 1.05. The summed E-state index contributed by atoms with van der Waals surface area (Å²) in [5.74, 6) is -2.37. The van der Waals surface area contributed by atoms with Gasteiger partial charge >= 0.3 is 12.1 Å². The van der Waals surface area contributed by atoms with Crippen molar-refractivity contribution in [2.75, 3.05) is 0 Å². The highest BCUT2D eigenvalue weighted by atomic mass is 32.1. The van der Waals surface area contributed by atoms with Gasteiger partial charge in [0.15, 0.2) is 10.6 Å². The van der Waals surface area contributed by atoms with E-state index in [0.29, 0.717) is 23.9 Å². The fraction of sp³-hybridized carbons (Fsp3) is 0.522.